The lowest BCUT2D eigenvalue weighted by molar-refractivity contribution is 0.0993. The van der Waals surface area contributed by atoms with Crippen LogP contribution in [0.2, 0.25) is 5.15 Å². The van der Waals surface area contributed by atoms with E-state index in [9.17, 15) is 4.79 Å². The zero-order valence-corrected chi connectivity index (χ0v) is 12.1. The number of rotatable bonds is 4. The molecule has 1 N–H and O–H groups in total. The lowest BCUT2D eigenvalue weighted by Crippen LogP contribution is -2.27. The van der Waals surface area contributed by atoms with Crippen molar-refractivity contribution in [1.82, 2.24) is 9.97 Å². The number of aromatic nitrogens is 2. The predicted octanol–water partition coefficient (Wildman–Crippen LogP) is 2.84. The molecule has 2 aromatic heterocycles. The Morgan fingerprint density at radius 2 is 2.00 bits per heavy atom. The predicted molar refractivity (Wildman–Crippen MR) is 80.4 cm³/mol. The first-order chi connectivity index (χ1) is 9.65. The van der Waals surface area contributed by atoms with Gasteiger partial charge in [-0.1, -0.05) is 11.6 Å². The van der Waals surface area contributed by atoms with Gasteiger partial charge >= 0.3 is 0 Å². The second-order valence-corrected chi connectivity index (χ2v) is 4.47. The van der Waals surface area contributed by atoms with Crippen LogP contribution in [0.25, 0.3) is 0 Å². The highest BCUT2D eigenvalue weighted by Crippen LogP contribution is 2.24. The summed E-state index contributed by atoms with van der Waals surface area (Å²) in [5, 5.41) is 3.36. The Labute approximate surface area is 122 Å². The molecule has 0 bridgehead atoms. The third kappa shape index (κ3) is 2.88. The van der Waals surface area contributed by atoms with Gasteiger partial charge in [-0.05, 0) is 31.2 Å². The van der Waals surface area contributed by atoms with E-state index in [4.69, 9.17) is 11.6 Å². The van der Waals surface area contributed by atoms with E-state index in [0.717, 1.165) is 0 Å². The molecule has 2 rings (SSSR count). The first-order valence-electron chi connectivity index (χ1n) is 6.22. The molecule has 2 aromatic rings. The maximum Gasteiger partial charge on any atom is 0.261 e. The fourth-order valence-electron chi connectivity index (χ4n) is 1.80. The van der Waals surface area contributed by atoms with Crippen LogP contribution in [0, 0.1) is 0 Å². The average molecular weight is 291 g/mol. The number of hydrogen-bond acceptors (Lipinski definition) is 4. The average Bonchev–Trinajstić information content (AvgIpc) is 2.47. The van der Waals surface area contributed by atoms with Crippen molar-refractivity contribution in [2.75, 3.05) is 23.8 Å². The normalized spacial score (nSPS) is 10.2. The Hall–Kier alpha value is -2.14. The summed E-state index contributed by atoms with van der Waals surface area (Å²) in [6.45, 7) is 2.64. The van der Waals surface area contributed by atoms with Crippen molar-refractivity contribution in [1.29, 1.82) is 0 Å². The van der Waals surface area contributed by atoms with Crippen molar-refractivity contribution in [3.63, 3.8) is 0 Å². The van der Waals surface area contributed by atoms with E-state index in [1.165, 1.54) is 4.90 Å². The molecule has 0 saturated heterocycles. The van der Waals surface area contributed by atoms with Crippen LogP contribution in [0.15, 0.2) is 36.7 Å². The van der Waals surface area contributed by atoms with Gasteiger partial charge in [-0.2, -0.15) is 0 Å². The number of nitrogens with one attached hydrogen (secondary N) is 1. The van der Waals surface area contributed by atoms with E-state index in [-0.39, 0.29) is 11.1 Å². The first kappa shape index (κ1) is 14.3. The molecule has 20 heavy (non-hydrogen) atoms. The summed E-state index contributed by atoms with van der Waals surface area (Å²) in [5.74, 6) is 0.371. The van der Waals surface area contributed by atoms with Crippen LogP contribution in [0.5, 0.6) is 0 Å². The Morgan fingerprint density at radius 3 is 2.70 bits per heavy atom. The smallest absolute Gasteiger partial charge is 0.261 e. The van der Waals surface area contributed by atoms with Crippen LogP contribution in [-0.2, 0) is 0 Å². The van der Waals surface area contributed by atoms with Gasteiger partial charge in [0.1, 0.15) is 5.82 Å². The molecule has 6 heteroatoms. The summed E-state index contributed by atoms with van der Waals surface area (Å²) in [6.07, 6.45) is 3.23. The third-order valence-corrected chi connectivity index (χ3v) is 3.08. The molecule has 0 spiro atoms. The van der Waals surface area contributed by atoms with E-state index in [2.05, 4.69) is 15.3 Å². The molecule has 1 amide bonds. The van der Waals surface area contributed by atoms with Crippen molar-refractivity contribution < 1.29 is 4.79 Å². The van der Waals surface area contributed by atoms with Crippen molar-refractivity contribution in [2.45, 2.75) is 6.92 Å². The monoisotopic (exact) mass is 290 g/mol. The molecule has 0 aliphatic rings. The number of carbonyl (C=O) groups excluding carboxylic acids is 1. The molecule has 5 nitrogen and oxygen atoms in total. The maximum absolute atomic E-state index is 12.6. The standard InChI is InChI=1S/C14H15ClN4O/c1-3-16-13-10(6-4-9-18-13)14(20)19(2)11-7-5-8-17-12(11)15/h4-9H,3H2,1-2H3,(H,16,18). The van der Waals surface area contributed by atoms with Gasteiger partial charge in [0, 0.05) is 26.0 Å². The molecule has 0 unspecified atom stereocenters. The Balaban J connectivity index is 2.34. The summed E-state index contributed by atoms with van der Waals surface area (Å²) in [7, 11) is 1.66. The van der Waals surface area contributed by atoms with Gasteiger partial charge in [0.2, 0.25) is 0 Å². The van der Waals surface area contributed by atoms with E-state index in [1.807, 2.05) is 6.92 Å². The van der Waals surface area contributed by atoms with Gasteiger partial charge in [0.05, 0.1) is 11.3 Å². The number of pyridine rings is 2. The van der Waals surface area contributed by atoms with Crippen molar-refractivity contribution in [2.24, 2.45) is 0 Å². The Bertz CT molecular complexity index is 618. The molecule has 0 radical (unpaired) electrons. The van der Waals surface area contributed by atoms with Gasteiger partial charge in [0.25, 0.3) is 5.91 Å². The number of halogens is 1. The van der Waals surface area contributed by atoms with Crippen LogP contribution in [0.3, 0.4) is 0 Å². The lowest BCUT2D eigenvalue weighted by Gasteiger charge is -2.19. The number of nitrogens with zero attached hydrogens (tertiary/aromatic N) is 3. The molecular formula is C14H15ClN4O. The Kier molecular flexibility index (Phi) is 4.53. The van der Waals surface area contributed by atoms with Crippen LogP contribution < -0.4 is 10.2 Å². The molecule has 0 atom stereocenters. The largest absolute Gasteiger partial charge is 0.370 e. The summed E-state index contributed by atoms with van der Waals surface area (Å²) in [6, 6.07) is 6.94. The molecule has 0 fully saturated rings. The number of amides is 1. The highest BCUT2D eigenvalue weighted by Gasteiger charge is 2.19. The number of carbonyl (C=O) groups is 1. The Morgan fingerprint density at radius 1 is 1.30 bits per heavy atom. The number of hydrogen-bond donors (Lipinski definition) is 1. The molecule has 0 aliphatic carbocycles. The minimum Gasteiger partial charge on any atom is -0.370 e. The molecular weight excluding hydrogens is 276 g/mol. The lowest BCUT2D eigenvalue weighted by atomic mass is 10.2. The summed E-state index contributed by atoms with van der Waals surface area (Å²) >= 11 is 6.02. The second-order valence-electron chi connectivity index (χ2n) is 4.11. The molecule has 2 heterocycles. The van der Waals surface area contributed by atoms with Gasteiger partial charge in [-0.3, -0.25) is 4.79 Å². The highest BCUT2D eigenvalue weighted by molar-refractivity contribution is 6.32. The quantitative estimate of drug-likeness (QED) is 0.880. The second kappa shape index (κ2) is 6.34. The molecule has 0 saturated carbocycles. The minimum atomic E-state index is -0.191. The fourth-order valence-corrected chi connectivity index (χ4v) is 2.05. The van der Waals surface area contributed by atoms with E-state index in [0.29, 0.717) is 23.6 Å². The van der Waals surface area contributed by atoms with Crippen molar-refractivity contribution in [3.8, 4) is 0 Å². The van der Waals surface area contributed by atoms with Gasteiger partial charge < -0.3 is 10.2 Å². The SMILES string of the molecule is CCNc1ncccc1C(=O)N(C)c1cccnc1Cl. The van der Waals surface area contributed by atoms with Crippen LogP contribution in [-0.4, -0.2) is 29.5 Å². The zero-order chi connectivity index (χ0) is 14.5. The summed E-state index contributed by atoms with van der Waals surface area (Å²) < 4.78 is 0. The van der Waals surface area contributed by atoms with Crippen molar-refractivity contribution in [3.05, 3.63) is 47.4 Å². The van der Waals surface area contributed by atoms with E-state index >= 15 is 0 Å². The zero-order valence-electron chi connectivity index (χ0n) is 11.3. The van der Waals surface area contributed by atoms with Crippen molar-refractivity contribution >= 4 is 29.0 Å². The molecule has 104 valence electrons. The molecule has 0 aliphatic heterocycles. The third-order valence-electron chi connectivity index (χ3n) is 2.79. The first-order valence-corrected chi connectivity index (χ1v) is 6.60. The maximum atomic E-state index is 12.6. The van der Waals surface area contributed by atoms with Gasteiger partial charge in [-0.25, -0.2) is 9.97 Å². The minimum absolute atomic E-state index is 0.191. The highest BCUT2D eigenvalue weighted by atomic mass is 35.5. The van der Waals surface area contributed by atoms with Crippen LogP contribution in [0.1, 0.15) is 17.3 Å². The summed E-state index contributed by atoms with van der Waals surface area (Å²) in [5.41, 5.74) is 1.06. The van der Waals surface area contributed by atoms with Crippen LogP contribution in [0.4, 0.5) is 11.5 Å². The van der Waals surface area contributed by atoms with E-state index in [1.54, 1.807) is 43.7 Å². The van der Waals surface area contributed by atoms with Gasteiger partial charge in [-0.15, -0.1) is 0 Å². The van der Waals surface area contributed by atoms with E-state index < -0.39 is 0 Å². The summed E-state index contributed by atoms with van der Waals surface area (Å²) in [4.78, 5) is 22.2. The number of anilines is 2. The fraction of sp³-hybridized carbons (Fsp3) is 0.214. The topological polar surface area (TPSA) is 58.1 Å². The van der Waals surface area contributed by atoms with Gasteiger partial charge in [0.15, 0.2) is 5.15 Å². The molecule has 0 aromatic carbocycles. The van der Waals surface area contributed by atoms with Crippen LogP contribution >= 0.6 is 11.6 Å².